The molecule has 0 spiro atoms. The van der Waals surface area contributed by atoms with Gasteiger partial charge in [-0.05, 0) is 55.9 Å². The molecule has 2 aliphatic rings. The Bertz CT molecular complexity index is 214. The van der Waals surface area contributed by atoms with Crippen LogP contribution in [0, 0.1) is 23.7 Å². The summed E-state index contributed by atoms with van der Waals surface area (Å²) < 4.78 is 0. The second-order valence-corrected chi connectivity index (χ2v) is 6.50. The second-order valence-electron chi connectivity index (χ2n) is 6.50. The minimum atomic E-state index is 0.831. The minimum Gasteiger partial charge on any atom is -0.314 e. The van der Waals surface area contributed by atoms with Gasteiger partial charge in [-0.25, -0.2) is 0 Å². The van der Waals surface area contributed by atoms with Crippen LogP contribution in [0.2, 0.25) is 0 Å². The lowest BCUT2D eigenvalue weighted by Crippen LogP contribution is -2.34. The lowest BCUT2D eigenvalue weighted by atomic mass is 9.94. The molecule has 2 rings (SSSR count). The third kappa shape index (κ3) is 3.24. The molecule has 0 aromatic heterocycles. The highest BCUT2D eigenvalue weighted by atomic mass is 14.9. The number of nitrogens with one attached hydrogen (secondary N) is 1. The molecule has 0 radical (unpaired) electrons. The summed E-state index contributed by atoms with van der Waals surface area (Å²) >= 11 is 0. The Kier molecular flexibility index (Phi) is 4.90. The van der Waals surface area contributed by atoms with Gasteiger partial charge < -0.3 is 5.32 Å². The number of hydrogen-bond donors (Lipinski definition) is 1. The molecule has 1 nitrogen and oxygen atoms in total. The fraction of sp³-hybridized carbons (Fsp3) is 1.00. The van der Waals surface area contributed by atoms with Crippen LogP contribution in [0.4, 0.5) is 0 Å². The van der Waals surface area contributed by atoms with E-state index in [0.717, 1.165) is 29.7 Å². The Labute approximate surface area is 108 Å². The molecule has 0 heterocycles. The summed E-state index contributed by atoms with van der Waals surface area (Å²) in [6.07, 6.45) is 10.1. The first-order valence-corrected chi connectivity index (χ1v) is 8.01. The molecular formula is C16H31N. The van der Waals surface area contributed by atoms with E-state index in [0.29, 0.717) is 0 Å². The van der Waals surface area contributed by atoms with Gasteiger partial charge in [0.2, 0.25) is 0 Å². The summed E-state index contributed by atoms with van der Waals surface area (Å²) in [4.78, 5) is 0. The average Bonchev–Trinajstić information content (AvgIpc) is 3.08. The molecule has 2 fully saturated rings. The predicted molar refractivity (Wildman–Crippen MR) is 75.1 cm³/mol. The van der Waals surface area contributed by atoms with Gasteiger partial charge in [-0.1, -0.05) is 40.0 Å². The second kappa shape index (κ2) is 6.22. The van der Waals surface area contributed by atoms with E-state index in [9.17, 15) is 0 Å². The molecule has 1 N–H and O–H groups in total. The average molecular weight is 237 g/mol. The quantitative estimate of drug-likeness (QED) is 0.699. The molecule has 0 aliphatic heterocycles. The molecule has 2 aliphatic carbocycles. The first-order chi connectivity index (χ1) is 8.27. The van der Waals surface area contributed by atoms with Crippen LogP contribution in [-0.4, -0.2) is 12.6 Å². The van der Waals surface area contributed by atoms with Crippen molar-refractivity contribution in [3.63, 3.8) is 0 Å². The van der Waals surface area contributed by atoms with E-state index in [4.69, 9.17) is 0 Å². The SMILES string of the molecule is CCCNC(CC(C)CC)C1C2CCCCC21. The Morgan fingerprint density at radius 2 is 1.76 bits per heavy atom. The van der Waals surface area contributed by atoms with E-state index in [1.807, 2.05) is 0 Å². The Balaban J connectivity index is 1.86. The van der Waals surface area contributed by atoms with Crippen LogP contribution in [-0.2, 0) is 0 Å². The molecule has 2 saturated carbocycles. The third-order valence-electron chi connectivity index (χ3n) is 5.20. The number of fused-ring (bicyclic) bond motifs is 1. The third-order valence-corrected chi connectivity index (χ3v) is 5.20. The molecule has 0 saturated heterocycles. The van der Waals surface area contributed by atoms with Crippen molar-refractivity contribution in [3.8, 4) is 0 Å². The van der Waals surface area contributed by atoms with Crippen LogP contribution in [0.3, 0.4) is 0 Å². The zero-order valence-corrected chi connectivity index (χ0v) is 12.0. The van der Waals surface area contributed by atoms with Crippen molar-refractivity contribution in [1.29, 1.82) is 0 Å². The maximum atomic E-state index is 3.85. The highest BCUT2D eigenvalue weighted by molar-refractivity contribution is 5.04. The summed E-state index contributed by atoms with van der Waals surface area (Å²) in [5, 5.41) is 3.85. The van der Waals surface area contributed by atoms with Crippen LogP contribution >= 0.6 is 0 Å². The van der Waals surface area contributed by atoms with Gasteiger partial charge in [0.15, 0.2) is 0 Å². The van der Waals surface area contributed by atoms with E-state index in [-0.39, 0.29) is 0 Å². The highest BCUT2D eigenvalue weighted by Gasteiger charge is 2.53. The zero-order chi connectivity index (χ0) is 12.3. The van der Waals surface area contributed by atoms with Crippen molar-refractivity contribution in [3.05, 3.63) is 0 Å². The normalized spacial score (nSPS) is 35.1. The van der Waals surface area contributed by atoms with Crippen molar-refractivity contribution in [2.75, 3.05) is 6.54 Å². The molecule has 0 aromatic carbocycles. The molecular weight excluding hydrogens is 206 g/mol. The van der Waals surface area contributed by atoms with E-state index >= 15 is 0 Å². The van der Waals surface area contributed by atoms with Gasteiger partial charge in [-0.15, -0.1) is 0 Å². The topological polar surface area (TPSA) is 12.0 Å². The fourth-order valence-corrected chi connectivity index (χ4v) is 3.95. The van der Waals surface area contributed by atoms with Crippen LogP contribution in [0.15, 0.2) is 0 Å². The van der Waals surface area contributed by atoms with Crippen LogP contribution < -0.4 is 5.32 Å². The molecule has 100 valence electrons. The van der Waals surface area contributed by atoms with Gasteiger partial charge in [-0.2, -0.15) is 0 Å². The molecule has 0 amide bonds. The smallest absolute Gasteiger partial charge is 0.0103 e. The number of rotatable bonds is 7. The summed E-state index contributed by atoms with van der Waals surface area (Å²) in [5.74, 6) is 4.13. The van der Waals surface area contributed by atoms with Crippen LogP contribution in [0.1, 0.15) is 65.7 Å². The summed E-state index contributed by atoms with van der Waals surface area (Å²) in [6.45, 7) is 8.26. The largest absolute Gasteiger partial charge is 0.314 e. The van der Waals surface area contributed by atoms with Gasteiger partial charge in [0.25, 0.3) is 0 Å². The van der Waals surface area contributed by atoms with Crippen LogP contribution in [0.25, 0.3) is 0 Å². The fourth-order valence-electron chi connectivity index (χ4n) is 3.95. The summed E-state index contributed by atoms with van der Waals surface area (Å²) in [7, 11) is 0. The van der Waals surface area contributed by atoms with Crippen molar-refractivity contribution in [2.24, 2.45) is 23.7 Å². The molecule has 1 heteroatoms. The maximum Gasteiger partial charge on any atom is 0.0103 e. The van der Waals surface area contributed by atoms with E-state index in [2.05, 4.69) is 26.1 Å². The van der Waals surface area contributed by atoms with Gasteiger partial charge >= 0.3 is 0 Å². The zero-order valence-electron chi connectivity index (χ0n) is 12.0. The van der Waals surface area contributed by atoms with Gasteiger partial charge in [0.05, 0.1) is 0 Å². The summed E-state index contributed by atoms with van der Waals surface area (Å²) in [5.41, 5.74) is 0. The van der Waals surface area contributed by atoms with Crippen molar-refractivity contribution in [1.82, 2.24) is 5.32 Å². The molecule has 0 bridgehead atoms. The first-order valence-electron chi connectivity index (χ1n) is 8.01. The Morgan fingerprint density at radius 3 is 2.29 bits per heavy atom. The van der Waals surface area contributed by atoms with Gasteiger partial charge in [0, 0.05) is 6.04 Å². The molecule has 0 aromatic rings. The Hall–Kier alpha value is -0.0400. The first kappa shape index (κ1) is 13.4. The molecule has 4 unspecified atom stereocenters. The molecule has 17 heavy (non-hydrogen) atoms. The van der Waals surface area contributed by atoms with E-state index in [1.54, 1.807) is 0 Å². The van der Waals surface area contributed by atoms with Crippen molar-refractivity contribution in [2.45, 2.75) is 71.8 Å². The van der Waals surface area contributed by atoms with Crippen LogP contribution in [0.5, 0.6) is 0 Å². The highest BCUT2D eigenvalue weighted by Crippen LogP contribution is 2.57. The standard InChI is InChI=1S/C16H31N/c1-4-10-17-15(11-12(3)5-2)16-13-8-6-7-9-14(13)16/h12-17H,4-11H2,1-3H3. The Morgan fingerprint density at radius 1 is 1.12 bits per heavy atom. The lowest BCUT2D eigenvalue weighted by Gasteiger charge is -2.22. The van der Waals surface area contributed by atoms with Gasteiger partial charge in [0.1, 0.15) is 0 Å². The van der Waals surface area contributed by atoms with E-state index in [1.165, 1.54) is 51.5 Å². The van der Waals surface area contributed by atoms with Crippen molar-refractivity contribution >= 4 is 0 Å². The maximum absolute atomic E-state index is 3.85. The van der Waals surface area contributed by atoms with E-state index < -0.39 is 0 Å². The minimum absolute atomic E-state index is 0.831. The van der Waals surface area contributed by atoms with Crippen molar-refractivity contribution < 1.29 is 0 Å². The lowest BCUT2D eigenvalue weighted by molar-refractivity contribution is 0.345. The monoisotopic (exact) mass is 237 g/mol. The number of hydrogen-bond acceptors (Lipinski definition) is 1. The van der Waals surface area contributed by atoms with Gasteiger partial charge in [-0.3, -0.25) is 0 Å². The predicted octanol–water partition coefficient (Wildman–Crippen LogP) is 4.23. The molecule has 4 atom stereocenters. The summed E-state index contributed by atoms with van der Waals surface area (Å²) in [6, 6.07) is 0.831.